The lowest BCUT2D eigenvalue weighted by atomic mass is 10.1. The number of hydrogen-bond acceptors (Lipinski definition) is 5. The molecule has 1 aliphatic carbocycles. The Morgan fingerprint density at radius 3 is 2.65 bits per heavy atom. The van der Waals surface area contributed by atoms with Gasteiger partial charge in [0.05, 0.1) is 6.10 Å². The van der Waals surface area contributed by atoms with Gasteiger partial charge in [0.25, 0.3) is 11.8 Å². The molecule has 2 N–H and O–H groups in total. The third-order valence-corrected chi connectivity index (χ3v) is 4.02. The van der Waals surface area contributed by atoms with Crippen LogP contribution in [0.3, 0.4) is 0 Å². The number of nitrogens with zero attached hydrogens (tertiary/aromatic N) is 2. The molecule has 1 amide bonds. The van der Waals surface area contributed by atoms with Gasteiger partial charge in [-0.05, 0) is 43.0 Å². The maximum absolute atomic E-state index is 12.0. The minimum absolute atomic E-state index is 0.107. The molecule has 0 aliphatic heterocycles. The summed E-state index contributed by atoms with van der Waals surface area (Å²) < 4.78 is 5.26. The standard InChI is InChI=1S/C17H21N3O3/c1-10(2)14(21)9-18-16(22)12-5-7-13(8-6-12)17-19-15(20-23-17)11-3-4-11/h5-8,10-11,14,21H,3-4,9H2,1-2H3,(H,18,22). The van der Waals surface area contributed by atoms with Gasteiger partial charge in [-0.1, -0.05) is 19.0 Å². The van der Waals surface area contributed by atoms with E-state index in [9.17, 15) is 9.90 Å². The maximum atomic E-state index is 12.0. The SMILES string of the molecule is CC(C)C(O)CNC(=O)c1ccc(-c2nc(C3CC3)no2)cc1. The summed E-state index contributed by atoms with van der Waals surface area (Å²) >= 11 is 0. The smallest absolute Gasteiger partial charge is 0.257 e. The lowest BCUT2D eigenvalue weighted by molar-refractivity contribution is 0.0871. The first kappa shape index (κ1) is 15.7. The normalized spacial score (nSPS) is 15.7. The molecule has 1 aromatic carbocycles. The van der Waals surface area contributed by atoms with Crippen LogP contribution in [0.1, 0.15) is 48.8 Å². The molecule has 2 aromatic rings. The van der Waals surface area contributed by atoms with E-state index >= 15 is 0 Å². The molecule has 3 rings (SSSR count). The summed E-state index contributed by atoms with van der Waals surface area (Å²) in [5.41, 5.74) is 1.33. The second-order valence-electron chi connectivity index (χ2n) is 6.33. The lowest BCUT2D eigenvalue weighted by Gasteiger charge is -2.15. The second kappa shape index (κ2) is 6.50. The summed E-state index contributed by atoms with van der Waals surface area (Å²) in [4.78, 5) is 16.4. The van der Waals surface area contributed by atoms with Gasteiger partial charge in [0, 0.05) is 23.6 Å². The zero-order valence-corrected chi connectivity index (χ0v) is 13.3. The second-order valence-corrected chi connectivity index (χ2v) is 6.33. The van der Waals surface area contributed by atoms with Crippen molar-refractivity contribution in [3.63, 3.8) is 0 Å². The van der Waals surface area contributed by atoms with Crippen LogP contribution in [0.2, 0.25) is 0 Å². The van der Waals surface area contributed by atoms with Crippen molar-refractivity contribution in [2.24, 2.45) is 5.92 Å². The van der Waals surface area contributed by atoms with E-state index in [1.807, 2.05) is 13.8 Å². The van der Waals surface area contributed by atoms with E-state index in [2.05, 4.69) is 15.5 Å². The van der Waals surface area contributed by atoms with Crippen molar-refractivity contribution in [1.29, 1.82) is 0 Å². The van der Waals surface area contributed by atoms with Crippen molar-refractivity contribution in [2.45, 2.75) is 38.7 Å². The Hall–Kier alpha value is -2.21. The average molecular weight is 315 g/mol. The van der Waals surface area contributed by atoms with Crippen molar-refractivity contribution < 1.29 is 14.4 Å². The first-order chi connectivity index (χ1) is 11.0. The molecule has 23 heavy (non-hydrogen) atoms. The molecule has 0 saturated heterocycles. The Morgan fingerprint density at radius 2 is 2.04 bits per heavy atom. The minimum atomic E-state index is -0.544. The molecule has 1 fully saturated rings. The number of aliphatic hydroxyl groups is 1. The van der Waals surface area contributed by atoms with Crippen LogP contribution in [0.25, 0.3) is 11.5 Å². The van der Waals surface area contributed by atoms with E-state index in [1.54, 1.807) is 24.3 Å². The first-order valence-electron chi connectivity index (χ1n) is 7.95. The van der Waals surface area contributed by atoms with Gasteiger partial charge in [-0.25, -0.2) is 0 Å². The summed E-state index contributed by atoms with van der Waals surface area (Å²) in [7, 11) is 0. The van der Waals surface area contributed by atoms with Crippen molar-refractivity contribution in [2.75, 3.05) is 6.54 Å². The predicted molar refractivity (Wildman–Crippen MR) is 84.9 cm³/mol. The Balaban J connectivity index is 1.62. The van der Waals surface area contributed by atoms with E-state index in [0.717, 1.165) is 24.2 Å². The maximum Gasteiger partial charge on any atom is 0.257 e. The Kier molecular flexibility index (Phi) is 4.43. The molecule has 0 bridgehead atoms. The fourth-order valence-corrected chi connectivity index (χ4v) is 2.16. The quantitative estimate of drug-likeness (QED) is 0.854. The molecule has 1 heterocycles. The minimum Gasteiger partial charge on any atom is -0.391 e. The monoisotopic (exact) mass is 315 g/mol. The van der Waals surface area contributed by atoms with E-state index in [0.29, 0.717) is 17.4 Å². The summed E-state index contributed by atoms with van der Waals surface area (Å²) in [6.07, 6.45) is 1.71. The van der Waals surface area contributed by atoms with Crippen LogP contribution in [-0.2, 0) is 0 Å². The number of aromatic nitrogens is 2. The number of carbonyl (C=O) groups is 1. The van der Waals surface area contributed by atoms with Crippen LogP contribution >= 0.6 is 0 Å². The van der Waals surface area contributed by atoms with Crippen molar-refractivity contribution in [1.82, 2.24) is 15.5 Å². The molecule has 1 unspecified atom stereocenters. The summed E-state index contributed by atoms with van der Waals surface area (Å²) in [5.74, 6) is 1.60. The fraction of sp³-hybridized carbons (Fsp3) is 0.471. The summed E-state index contributed by atoms with van der Waals surface area (Å²) in [6, 6.07) is 7.01. The van der Waals surface area contributed by atoms with Gasteiger partial charge in [-0.2, -0.15) is 4.98 Å². The van der Waals surface area contributed by atoms with Gasteiger partial charge in [0.2, 0.25) is 0 Å². The molecule has 1 aromatic heterocycles. The first-order valence-corrected chi connectivity index (χ1v) is 7.95. The highest BCUT2D eigenvalue weighted by Crippen LogP contribution is 2.38. The van der Waals surface area contributed by atoms with Gasteiger partial charge in [-0.3, -0.25) is 4.79 Å². The summed E-state index contributed by atoms with van der Waals surface area (Å²) in [5, 5.41) is 16.4. The van der Waals surface area contributed by atoms with E-state index < -0.39 is 6.10 Å². The number of aliphatic hydroxyl groups excluding tert-OH is 1. The topological polar surface area (TPSA) is 88.2 Å². The average Bonchev–Trinajstić information content (AvgIpc) is 3.29. The van der Waals surface area contributed by atoms with E-state index in [-0.39, 0.29) is 18.4 Å². The van der Waals surface area contributed by atoms with Gasteiger partial charge < -0.3 is 14.9 Å². The molecule has 6 nitrogen and oxygen atoms in total. The van der Waals surface area contributed by atoms with E-state index in [4.69, 9.17) is 4.52 Å². The Morgan fingerprint density at radius 1 is 1.35 bits per heavy atom. The van der Waals surface area contributed by atoms with Crippen LogP contribution in [0.5, 0.6) is 0 Å². The van der Waals surface area contributed by atoms with Crippen LogP contribution in [0.4, 0.5) is 0 Å². The molecule has 1 aliphatic rings. The molecule has 0 spiro atoms. The number of carbonyl (C=O) groups excluding carboxylic acids is 1. The highest BCUT2D eigenvalue weighted by Gasteiger charge is 2.28. The molecule has 122 valence electrons. The van der Waals surface area contributed by atoms with Gasteiger partial charge in [0.1, 0.15) is 0 Å². The molecule has 1 saturated carbocycles. The van der Waals surface area contributed by atoms with Crippen LogP contribution in [0, 0.1) is 5.92 Å². The number of rotatable bonds is 6. The van der Waals surface area contributed by atoms with Gasteiger partial charge in [0.15, 0.2) is 5.82 Å². The van der Waals surface area contributed by atoms with E-state index in [1.165, 1.54) is 0 Å². The Labute approximate surface area is 134 Å². The fourth-order valence-electron chi connectivity index (χ4n) is 2.16. The molecule has 0 radical (unpaired) electrons. The zero-order chi connectivity index (χ0) is 16.4. The van der Waals surface area contributed by atoms with Crippen LogP contribution in [0.15, 0.2) is 28.8 Å². The van der Waals surface area contributed by atoms with Crippen molar-refractivity contribution >= 4 is 5.91 Å². The summed E-state index contributed by atoms with van der Waals surface area (Å²) in [6.45, 7) is 4.06. The van der Waals surface area contributed by atoms with Crippen LogP contribution < -0.4 is 5.32 Å². The van der Waals surface area contributed by atoms with Crippen LogP contribution in [-0.4, -0.2) is 33.8 Å². The predicted octanol–water partition coefficient (Wildman–Crippen LogP) is 2.36. The number of hydrogen-bond donors (Lipinski definition) is 2. The molecule has 6 heteroatoms. The third-order valence-electron chi connectivity index (χ3n) is 4.02. The Bertz CT molecular complexity index is 675. The number of nitrogens with one attached hydrogen (secondary N) is 1. The molecular formula is C17H21N3O3. The van der Waals surface area contributed by atoms with Crippen molar-refractivity contribution in [3.05, 3.63) is 35.7 Å². The number of benzene rings is 1. The largest absolute Gasteiger partial charge is 0.391 e. The zero-order valence-electron chi connectivity index (χ0n) is 13.3. The lowest BCUT2D eigenvalue weighted by Crippen LogP contribution is -2.34. The van der Waals surface area contributed by atoms with Crippen molar-refractivity contribution in [3.8, 4) is 11.5 Å². The highest BCUT2D eigenvalue weighted by molar-refractivity contribution is 5.94. The third kappa shape index (κ3) is 3.76. The molecular weight excluding hydrogens is 294 g/mol. The van der Waals surface area contributed by atoms with Gasteiger partial charge >= 0.3 is 0 Å². The van der Waals surface area contributed by atoms with Gasteiger partial charge in [-0.15, -0.1) is 0 Å². The number of amides is 1. The highest BCUT2D eigenvalue weighted by atomic mass is 16.5. The molecule has 1 atom stereocenters.